The van der Waals surface area contributed by atoms with E-state index in [9.17, 15) is 9.59 Å². The molecule has 26 heavy (non-hydrogen) atoms. The van der Waals surface area contributed by atoms with Gasteiger partial charge in [-0.25, -0.2) is 4.90 Å². The summed E-state index contributed by atoms with van der Waals surface area (Å²) >= 11 is 6.60. The van der Waals surface area contributed by atoms with Gasteiger partial charge < -0.3 is 4.74 Å². The van der Waals surface area contributed by atoms with E-state index in [1.807, 2.05) is 18.2 Å². The lowest BCUT2D eigenvalue weighted by Crippen LogP contribution is -2.27. The predicted molar refractivity (Wildman–Crippen MR) is 117 cm³/mol. The summed E-state index contributed by atoms with van der Waals surface area (Å²) in [5, 5.41) is -0.299. The molecule has 0 spiro atoms. The Kier molecular flexibility index (Phi) is 6.20. The molecule has 1 fully saturated rings. The van der Waals surface area contributed by atoms with Crippen LogP contribution in [0, 0.1) is 3.57 Å². The highest BCUT2D eigenvalue weighted by Gasteiger charge is 2.36. The second-order valence-corrected chi connectivity index (χ2v) is 8.28. The van der Waals surface area contributed by atoms with Gasteiger partial charge in [0.15, 0.2) is 0 Å². The molecule has 0 atom stereocenters. The Hall–Kier alpha value is -1.58. The highest BCUT2D eigenvalue weighted by atomic mass is 127. The van der Waals surface area contributed by atoms with Crippen LogP contribution in [0.25, 0.3) is 6.08 Å². The van der Waals surface area contributed by atoms with Crippen LogP contribution in [0.3, 0.4) is 0 Å². The Bertz CT molecular complexity index is 891. The van der Waals surface area contributed by atoms with E-state index in [0.717, 1.165) is 31.1 Å². The molecule has 0 bridgehead atoms. The first-order chi connectivity index (χ1) is 12.5. The number of imide groups is 1. The van der Waals surface area contributed by atoms with Crippen molar-refractivity contribution < 1.29 is 14.3 Å². The van der Waals surface area contributed by atoms with Gasteiger partial charge >= 0.3 is 0 Å². The number of rotatable bonds is 5. The summed E-state index contributed by atoms with van der Waals surface area (Å²) in [5.74, 6) is 0.407. The number of benzene rings is 2. The van der Waals surface area contributed by atoms with E-state index < -0.39 is 0 Å². The molecular weight excluding hydrogens is 529 g/mol. The fourth-order valence-electron chi connectivity index (χ4n) is 2.36. The summed E-state index contributed by atoms with van der Waals surface area (Å²) in [6, 6.07) is 12.7. The summed E-state index contributed by atoms with van der Waals surface area (Å²) < 4.78 is 7.30. The number of thioether (sulfide) groups is 1. The number of carbonyl (C=O) groups excluding carboxylic acids is 2. The molecule has 4 nitrogen and oxygen atoms in total. The van der Waals surface area contributed by atoms with E-state index >= 15 is 0 Å². The third kappa shape index (κ3) is 4.05. The van der Waals surface area contributed by atoms with Gasteiger partial charge in [-0.05, 0) is 86.2 Å². The SMILES string of the molecule is C=CCOc1c(Br)cc(/C=C2\SC(=O)N(c3ccccc3)C2=O)cc1I. The number of anilines is 1. The molecule has 2 aromatic carbocycles. The minimum Gasteiger partial charge on any atom is -0.487 e. The molecule has 1 saturated heterocycles. The third-order valence-electron chi connectivity index (χ3n) is 3.47. The number of carbonyl (C=O) groups is 2. The first kappa shape index (κ1) is 19.2. The third-order valence-corrected chi connectivity index (χ3v) is 5.73. The molecule has 2 amide bonds. The van der Waals surface area contributed by atoms with E-state index in [-0.39, 0.29) is 11.1 Å². The number of amides is 2. The number of nitrogens with zero attached hydrogens (tertiary/aromatic N) is 1. The number of ether oxygens (including phenoxy) is 1. The van der Waals surface area contributed by atoms with Crippen molar-refractivity contribution >= 4 is 73.2 Å². The quantitative estimate of drug-likeness (QED) is 0.270. The molecule has 0 unspecified atom stereocenters. The zero-order valence-electron chi connectivity index (χ0n) is 13.4. The minimum atomic E-state index is -0.315. The minimum absolute atomic E-state index is 0.299. The van der Waals surface area contributed by atoms with Crippen LogP contribution >= 0.6 is 50.3 Å². The van der Waals surface area contributed by atoms with Crippen molar-refractivity contribution in [3.63, 3.8) is 0 Å². The normalized spacial score (nSPS) is 15.6. The molecule has 0 saturated carbocycles. The standard InChI is InChI=1S/C19H13BrINO3S/c1-2-8-25-17-14(20)9-12(10-15(17)21)11-16-18(23)22(19(24)26-16)13-6-4-3-5-7-13/h2-7,9-11H,1,8H2/b16-11-. The first-order valence-electron chi connectivity index (χ1n) is 7.57. The summed E-state index contributed by atoms with van der Waals surface area (Å²) in [6.45, 7) is 4.05. The zero-order chi connectivity index (χ0) is 18.7. The van der Waals surface area contributed by atoms with Crippen LogP contribution in [0.2, 0.25) is 0 Å². The maximum atomic E-state index is 12.7. The average Bonchev–Trinajstić information content (AvgIpc) is 2.88. The molecule has 3 rings (SSSR count). The summed E-state index contributed by atoms with van der Waals surface area (Å²) in [5.41, 5.74) is 1.38. The van der Waals surface area contributed by atoms with Crippen molar-refractivity contribution in [1.29, 1.82) is 0 Å². The Morgan fingerprint density at radius 1 is 1.23 bits per heavy atom. The Morgan fingerprint density at radius 2 is 1.96 bits per heavy atom. The van der Waals surface area contributed by atoms with Crippen molar-refractivity contribution in [3.8, 4) is 5.75 Å². The monoisotopic (exact) mass is 541 g/mol. The highest BCUT2D eigenvalue weighted by Crippen LogP contribution is 2.37. The number of halogens is 2. The fraction of sp³-hybridized carbons (Fsp3) is 0.0526. The smallest absolute Gasteiger partial charge is 0.298 e. The zero-order valence-corrected chi connectivity index (χ0v) is 18.0. The lowest BCUT2D eigenvalue weighted by atomic mass is 10.2. The number of hydrogen-bond acceptors (Lipinski definition) is 4. The second kappa shape index (κ2) is 8.41. The van der Waals surface area contributed by atoms with Crippen LogP contribution in [0.4, 0.5) is 10.5 Å². The highest BCUT2D eigenvalue weighted by molar-refractivity contribution is 14.1. The summed E-state index contributed by atoms with van der Waals surface area (Å²) in [7, 11) is 0. The summed E-state index contributed by atoms with van der Waals surface area (Å²) in [6.07, 6.45) is 3.40. The fourth-order valence-corrected chi connectivity index (χ4v) is 4.97. The molecule has 1 heterocycles. The molecule has 0 N–H and O–H groups in total. The molecule has 7 heteroatoms. The van der Waals surface area contributed by atoms with Crippen LogP contribution in [-0.4, -0.2) is 17.8 Å². The van der Waals surface area contributed by atoms with Crippen molar-refractivity contribution in [1.82, 2.24) is 0 Å². The lowest BCUT2D eigenvalue weighted by Gasteiger charge is -2.12. The van der Waals surface area contributed by atoms with Gasteiger partial charge in [-0.15, -0.1) is 0 Å². The predicted octanol–water partition coefficient (Wildman–Crippen LogP) is 5.86. The van der Waals surface area contributed by atoms with Crippen molar-refractivity contribution in [2.45, 2.75) is 0 Å². The van der Waals surface area contributed by atoms with E-state index in [1.54, 1.807) is 36.4 Å². The van der Waals surface area contributed by atoms with E-state index in [1.165, 1.54) is 4.90 Å². The van der Waals surface area contributed by atoms with Crippen LogP contribution in [0.5, 0.6) is 5.75 Å². The Labute approximate surface area is 177 Å². The van der Waals surface area contributed by atoms with E-state index in [2.05, 4.69) is 45.1 Å². The van der Waals surface area contributed by atoms with Crippen LogP contribution in [-0.2, 0) is 4.79 Å². The molecule has 1 aliphatic rings. The Balaban J connectivity index is 1.90. The van der Waals surface area contributed by atoms with Crippen molar-refractivity contribution in [3.05, 3.63) is 73.6 Å². The molecule has 0 radical (unpaired) electrons. The molecular formula is C19H13BrINO3S. The van der Waals surface area contributed by atoms with E-state index in [4.69, 9.17) is 4.74 Å². The molecule has 1 aliphatic heterocycles. The van der Waals surface area contributed by atoms with Gasteiger partial charge in [0.2, 0.25) is 0 Å². The number of para-hydroxylation sites is 1. The maximum absolute atomic E-state index is 12.7. The largest absolute Gasteiger partial charge is 0.487 e. The molecule has 0 aliphatic carbocycles. The van der Waals surface area contributed by atoms with E-state index in [0.29, 0.717) is 17.2 Å². The van der Waals surface area contributed by atoms with Crippen molar-refractivity contribution in [2.75, 3.05) is 11.5 Å². The molecule has 0 aromatic heterocycles. The van der Waals surface area contributed by atoms with Crippen LogP contribution in [0.1, 0.15) is 5.56 Å². The maximum Gasteiger partial charge on any atom is 0.298 e. The van der Waals surface area contributed by atoms with Gasteiger partial charge in [0.05, 0.1) is 18.6 Å². The van der Waals surface area contributed by atoms with Gasteiger partial charge in [0.1, 0.15) is 12.4 Å². The second-order valence-electron chi connectivity index (χ2n) is 5.27. The molecule has 132 valence electrons. The first-order valence-corrected chi connectivity index (χ1v) is 10.3. The van der Waals surface area contributed by atoms with Gasteiger partial charge in [-0.1, -0.05) is 30.9 Å². The van der Waals surface area contributed by atoms with Gasteiger partial charge in [-0.3, -0.25) is 9.59 Å². The molecule has 2 aromatic rings. The van der Waals surface area contributed by atoms with Crippen molar-refractivity contribution in [2.24, 2.45) is 0 Å². The average molecular weight is 542 g/mol. The van der Waals surface area contributed by atoms with Gasteiger partial charge in [-0.2, -0.15) is 0 Å². The Morgan fingerprint density at radius 3 is 2.62 bits per heavy atom. The number of hydrogen-bond donors (Lipinski definition) is 0. The summed E-state index contributed by atoms with van der Waals surface area (Å²) in [4.78, 5) is 26.5. The van der Waals surface area contributed by atoms with Crippen LogP contribution < -0.4 is 9.64 Å². The lowest BCUT2D eigenvalue weighted by molar-refractivity contribution is -0.113. The van der Waals surface area contributed by atoms with Gasteiger partial charge in [0.25, 0.3) is 11.1 Å². The van der Waals surface area contributed by atoms with Gasteiger partial charge in [0, 0.05) is 0 Å². The van der Waals surface area contributed by atoms with Crippen LogP contribution in [0.15, 0.2) is 64.5 Å². The topological polar surface area (TPSA) is 46.6 Å².